The van der Waals surface area contributed by atoms with Crippen molar-refractivity contribution in [2.75, 3.05) is 13.7 Å². The fraction of sp³-hybridized carbons (Fsp3) is 0.375. The summed E-state index contributed by atoms with van der Waals surface area (Å²) in [5.41, 5.74) is 1.23. The molecule has 2 heterocycles. The minimum atomic E-state index is -0.370. The van der Waals surface area contributed by atoms with Gasteiger partial charge < -0.3 is 14.0 Å². The van der Waals surface area contributed by atoms with Crippen LogP contribution in [0.25, 0.3) is 5.69 Å². The molecule has 0 atom stereocenters. The molecule has 1 saturated carbocycles. The minimum absolute atomic E-state index is 0.323. The quantitative estimate of drug-likeness (QED) is 0.792. The predicted molar refractivity (Wildman–Crippen MR) is 77.4 cm³/mol. The number of aromatic nitrogens is 2. The number of ether oxygens (including phenoxy) is 2. The van der Waals surface area contributed by atoms with E-state index >= 15 is 0 Å². The van der Waals surface area contributed by atoms with Crippen molar-refractivity contribution in [3.8, 4) is 5.69 Å². The van der Waals surface area contributed by atoms with Crippen LogP contribution in [0.1, 0.15) is 23.3 Å². The lowest BCUT2D eigenvalue weighted by atomic mass is 9.83. The number of rotatable bonds is 5. The van der Waals surface area contributed by atoms with Crippen molar-refractivity contribution in [1.82, 2.24) is 9.55 Å². The van der Waals surface area contributed by atoms with Gasteiger partial charge in [0.1, 0.15) is 5.69 Å². The largest absolute Gasteiger partial charge is 0.461 e. The summed E-state index contributed by atoms with van der Waals surface area (Å²) in [6, 6.07) is 7.45. The molecular formula is C16H18N2O3. The molecule has 1 aliphatic rings. The van der Waals surface area contributed by atoms with Crippen LogP contribution in [0.15, 0.2) is 42.9 Å². The Hall–Kier alpha value is -2.14. The Morgan fingerprint density at radius 2 is 2.14 bits per heavy atom. The summed E-state index contributed by atoms with van der Waals surface area (Å²) in [6.07, 6.45) is 7.70. The molecule has 0 amide bonds. The van der Waals surface area contributed by atoms with Gasteiger partial charge in [-0.1, -0.05) is 0 Å². The maximum Gasteiger partial charge on any atom is 0.357 e. The van der Waals surface area contributed by atoms with E-state index in [4.69, 9.17) is 9.47 Å². The standard InChI is InChI=1S/C16H18N2O3/c1-20-14-8-12(9-14)11-21-16(19)15-10-13(4-5-17-15)18-6-2-3-7-18/h2-7,10,12,14H,8-9,11H2,1H3. The lowest BCUT2D eigenvalue weighted by Gasteiger charge is -2.33. The Kier molecular flexibility index (Phi) is 4.01. The molecule has 3 rings (SSSR count). The highest BCUT2D eigenvalue weighted by atomic mass is 16.5. The summed E-state index contributed by atoms with van der Waals surface area (Å²) >= 11 is 0. The van der Waals surface area contributed by atoms with Crippen molar-refractivity contribution in [2.45, 2.75) is 18.9 Å². The third-order valence-corrected chi connectivity index (χ3v) is 3.83. The van der Waals surface area contributed by atoms with Gasteiger partial charge in [0.15, 0.2) is 0 Å². The van der Waals surface area contributed by atoms with Crippen LogP contribution < -0.4 is 0 Å². The van der Waals surface area contributed by atoms with E-state index < -0.39 is 0 Å². The average Bonchev–Trinajstić information content (AvgIpc) is 3.00. The van der Waals surface area contributed by atoms with E-state index in [1.54, 1.807) is 19.4 Å². The van der Waals surface area contributed by atoms with Gasteiger partial charge >= 0.3 is 5.97 Å². The molecule has 1 aliphatic carbocycles. The predicted octanol–water partition coefficient (Wildman–Crippen LogP) is 2.45. The highest BCUT2D eigenvalue weighted by Gasteiger charge is 2.30. The Labute approximate surface area is 123 Å². The average molecular weight is 286 g/mol. The molecule has 0 unspecified atom stereocenters. The molecule has 5 nitrogen and oxygen atoms in total. The van der Waals surface area contributed by atoms with Crippen molar-refractivity contribution >= 4 is 5.97 Å². The van der Waals surface area contributed by atoms with Crippen LogP contribution in [0, 0.1) is 5.92 Å². The molecule has 0 radical (unpaired) electrons. The summed E-state index contributed by atoms with van der Waals surface area (Å²) in [5, 5.41) is 0. The normalized spacial score (nSPS) is 20.8. The van der Waals surface area contributed by atoms with Crippen molar-refractivity contribution in [3.63, 3.8) is 0 Å². The van der Waals surface area contributed by atoms with Crippen LogP contribution in [-0.2, 0) is 9.47 Å². The lowest BCUT2D eigenvalue weighted by molar-refractivity contribution is -0.0271. The molecule has 2 aromatic heterocycles. The molecule has 5 heteroatoms. The number of esters is 1. The van der Waals surface area contributed by atoms with Crippen LogP contribution in [0.3, 0.4) is 0 Å². The van der Waals surface area contributed by atoms with Gasteiger partial charge in [0.25, 0.3) is 0 Å². The number of pyridine rings is 1. The fourth-order valence-corrected chi connectivity index (χ4v) is 2.47. The Morgan fingerprint density at radius 3 is 2.86 bits per heavy atom. The zero-order valence-corrected chi connectivity index (χ0v) is 11.9. The van der Waals surface area contributed by atoms with E-state index in [1.165, 1.54) is 0 Å². The van der Waals surface area contributed by atoms with Crippen molar-refractivity contribution < 1.29 is 14.3 Å². The number of methoxy groups -OCH3 is 1. The summed E-state index contributed by atoms with van der Waals surface area (Å²) in [7, 11) is 1.71. The second-order valence-electron chi connectivity index (χ2n) is 5.28. The second-order valence-corrected chi connectivity index (χ2v) is 5.28. The number of carbonyl (C=O) groups is 1. The van der Waals surface area contributed by atoms with Crippen LogP contribution >= 0.6 is 0 Å². The fourth-order valence-electron chi connectivity index (χ4n) is 2.47. The Morgan fingerprint density at radius 1 is 1.38 bits per heavy atom. The van der Waals surface area contributed by atoms with Gasteiger partial charge in [0, 0.05) is 31.4 Å². The first-order valence-electron chi connectivity index (χ1n) is 7.05. The molecule has 0 bridgehead atoms. The molecule has 0 spiro atoms. The Balaban J connectivity index is 1.59. The lowest BCUT2D eigenvalue weighted by Crippen LogP contribution is -2.34. The van der Waals surface area contributed by atoms with Gasteiger partial charge in [-0.25, -0.2) is 9.78 Å². The highest BCUT2D eigenvalue weighted by Crippen LogP contribution is 2.29. The van der Waals surface area contributed by atoms with Crippen LogP contribution in [0.5, 0.6) is 0 Å². The highest BCUT2D eigenvalue weighted by molar-refractivity contribution is 5.87. The monoisotopic (exact) mass is 286 g/mol. The van der Waals surface area contributed by atoms with Gasteiger partial charge in [-0.15, -0.1) is 0 Å². The van der Waals surface area contributed by atoms with Gasteiger partial charge in [-0.05, 0) is 43.0 Å². The third-order valence-electron chi connectivity index (χ3n) is 3.83. The van der Waals surface area contributed by atoms with E-state index in [1.807, 2.05) is 35.2 Å². The first-order chi connectivity index (χ1) is 10.3. The minimum Gasteiger partial charge on any atom is -0.461 e. The van der Waals surface area contributed by atoms with Crippen LogP contribution in [0.4, 0.5) is 0 Å². The smallest absolute Gasteiger partial charge is 0.357 e. The van der Waals surface area contributed by atoms with Crippen molar-refractivity contribution in [2.24, 2.45) is 5.92 Å². The topological polar surface area (TPSA) is 53.4 Å². The summed E-state index contributed by atoms with van der Waals surface area (Å²) in [5.74, 6) is 0.0383. The number of hydrogen-bond donors (Lipinski definition) is 0. The number of carbonyl (C=O) groups excluding carboxylic acids is 1. The van der Waals surface area contributed by atoms with E-state index in [-0.39, 0.29) is 5.97 Å². The summed E-state index contributed by atoms with van der Waals surface area (Å²) in [6.45, 7) is 0.439. The SMILES string of the molecule is COC1CC(COC(=O)c2cc(-n3cccc3)ccn2)C1. The van der Waals surface area contributed by atoms with E-state index in [0.717, 1.165) is 18.5 Å². The van der Waals surface area contributed by atoms with E-state index in [2.05, 4.69) is 4.98 Å². The van der Waals surface area contributed by atoms with E-state index in [9.17, 15) is 4.79 Å². The summed E-state index contributed by atoms with van der Waals surface area (Å²) < 4.78 is 12.5. The maximum atomic E-state index is 12.0. The second kappa shape index (κ2) is 6.10. The molecular weight excluding hydrogens is 268 g/mol. The van der Waals surface area contributed by atoms with Crippen molar-refractivity contribution in [1.29, 1.82) is 0 Å². The maximum absolute atomic E-state index is 12.0. The molecule has 0 saturated heterocycles. The first-order valence-corrected chi connectivity index (χ1v) is 7.05. The summed E-state index contributed by atoms with van der Waals surface area (Å²) in [4.78, 5) is 16.1. The third kappa shape index (κ3) is 3.13. The van der Waals surface area contributed by atoms with Gasteiger partial charge in [-0.2, -0.15) is 0 Å². The molecule has 21 heavy (non-hydrogen) atoms. The first kappa shape index (κ1) is 13.8. The van der Waals surface area contributed by atoms with Crippen LogP contribution in [0.2, 0.25) is 0 Å². The van der Waals surface area contributed by atoms with Gasteiger partial charge in [-0.3, -0.25) is 0 Å². The van der Waals surface area contributed by atoms with Gasteiger partial charge in [0.2, 0.25) is 0 Å². The molecule has 0 aromatic carbocycles. The van der Waals surface area contributed by atoms with E-state index in [0.29, 0.717) is 24.3 Å². The number of hydrogen-bond acceptors (Lipinski definition) is 4. The molecule has 110 valence electrons. The molecule has 2 aromatic rings. The zero-order valence-electron chi connectivity index (χ0n) is 11.9. The Bertz CT molecular complexity index is 604. The zero-order chi connectivity index (χ0) is 14.7. The van der Waals surface area contributed by atoms with Crippen LogP contribution in [-0.4, -0.2) is 35.3 Å². The van der Waals surface area contributed by atoms with Gasteiger partial charge in [0.05, 0.1) is 12.7 Å². The molecule has 0 N–H and O–H groups in total. The molecule has 0 aliphatic heterocycles. The number of nitrogens with zero attached hydrogens (tertiary/aromatic N) is 2. The van der Waals surface area contributed by atoms with Crippen molar-refractivity contribution in [3.05, 3.63) is 48.5 Å². The molecule has 1 fully saturated rings.